The normalized spacial score (nSPS) is 20.9. The SMILES string of the molecule is CCOc1ccc(Br)cc1S(=O)(=O)N1CCN[C@H](C)C1. The Morgan fingerprint density at radius 2 is 2.25 bits per heavy atom. The van der Waals surface area contributed by atoms with E-state index in [1.807, 2.05) is 13.8 Å². The molecule has 0 aromatic heterocycles. The molecule has 1 heterocycles. The Labute approximate surface area is 128 Å². The van der Waals surface area contributed by atoms with Gasteiger partial charge in [0.15, 0.2) is 0 Å². The highest BCUT2D eigenvalue weighted by atomic mass is 79.9. The van der Waals surface area contributed by atoms with Crippen LogP contribution in [0, 0.1) is 0 Å². The van der Waals surface area contributed by atoms with Crippen LogP contribution in [0.4, 0.5) is 0 Å². The molecule has 1 aliphatic heterocycles. The maximum Gasteiger partial charge on any atom is 0.246 e. The van der Waals surface area contributed by atoms with Gasteiger partial charge in [-0.3, -0.25) is 0 Å². The lowest BCUT2D eigenvalue weighted by Crippen LogP contribution is -2.51. The summed E-state index contributed by atoms with van der Waals surface area (Å²) in [5.74, 6) is 0.405. The van der Waals surface area contributed by atoms with Gasteiger partial charge in [0.2, 0.25) is 10.0 Å². The van der Waals surface area contributed by atoms with E-state index in [2.05, 4.69) is 21.2 Å². The molecule has 1 fully saturated rings. The monoisotopic (exact) mass is 362 g/mol. The number of hydrogen-bond acceptors (Lipinski definition) is 4. The van der Waals surface area contributed by atoms with Crippen molar-refractivity contribution in [2.24, 2.45) is 0 Å². The molecule has 0 amide bonds. The van der Waals surface area contributed by atoms with Crippen molar-refractivity contribution in [1.29, 1.82) is 0 Å². The Hall–Kier alpha value is -0.630. The third-order valence-electron chi connectivity index (χ3n) is 3.15. The summed E-state index contributed by atoms with van der Waals surface area (Å²) in [7, 11) is -3.53. The number of sulfonamides is 1. The van der Waals surface area contributed by atoms with Gasteiger partial charge in [-0.05, 0) is 32.0 Å². The van der Waals surface area contributed by atoms with Gasteiger partial charge in [-0.15, -0.1) is 0 Å². The van der Waals surface area contributed by atoms with Gasteiger partial charge in [0.1, 0.15) is 10.6 Å². The van der Waals surface area contributed by atoms with Crippen LogP contribution >= 0.6 is 15.9 Å². The number of ether oxygens (including phenoxy) is 1. The maximum absolute atomic E-state index is 12.8. The highest BCUT2D eigenvalue weighted by Crippen LogP contribution is 2.30. The quantitative estimate of drug-likeness (QED) is 0.887. The van der Waals surface area contributed by atoms with Crippen molar-refractivity contribution in [3.8, 4) is 5.75 Å². The topological polar surface area (TPSA) is 58.6 Å². The van der Waals surface area contributed by atoms with Gasteiger partial charge in [0.25, 0.3) is 0 Å². The number of halogens is 1. The summed E-state index contributed by atoms with van der Waals surface area (Å²) in [6, 6.07) is 5.23. The fourth-order valence-electron chi connectivity index (χ4n) is 2.21. The first-order valence-corrected chi connectivity index (χ1v) is 8.84. The highest BCUT2D eigenvalue weighted by molar-refractivity contribution is 9.10. The van der Waals surface area contributed by atoms with Gasteiger partial charge in [0, 0.05) is 30.1 Å². The molecule has 1 atom stereocenters. The molecule has 5 nitrogen and oxygen atoms in total. The molecule has 0 bridgehead atoms. The van der Waals surface area contributed by atoms with Crippen LogP contribution in [0.2, 0.25) is 0 Å². The van der Waals surface area contributed by atoms with E-state index in [9.17, 15) is 8.42 Å². The molecule has 2 rings (SSSR count). The van der Waals surface area contributed by atoms with E-state index >= 15 is 0 Å². The molecule has 0 unspecified atom stereocenters. The first kappa shape index (κ1) is 15.8. The van der Waals surface area contributed by atoms with Crippen LogP contribution in [0.3, 0.4) is 0 Å². The molecule has 0 saturated carbocycles. The minimum atomic E-state index is -3.53. The lowest BCUT2D eigenvalue weighted by atomic mass is 10.3. The van der Waals surface area contributed by atoms with Crippen molar-refractivity contribution in [3.05, 3.63) is 22.7 Å². The zero-order valence-electron chi connectivity index (χ0n) is 11.6. The number of nitrogens with one attached hydrogen (secondary N) is 1. The minimum absolute atomic E-state index is 0.154. The Bertz CT molecular complexity index is 577. The molecule has 1 aromatic carbocycles. The Morgan fingerprint density at radius 1 is 1.50 bits per heavy atom. The fourth-order valence-corrected chi connectivity index (χ4v) is 4.41. The maximum atomic E-state index is 12.8. The van der Waals surface area contributed by atoms with Crippen molar-refractivity contribution in [2.45, 2.75) is 24.8 Å². The summed E-state index contributed by atoms with van der Waals surface area (Å²) in [6.45, 7) is 5.86. The minimum Gasteiger partial charge on any atom is -0.492 e. The Kier molecular flexibility index (Phi) is 5.06. The molecule has 0 aliphatic carbocycles. The summed E-state index contributed by atoms with van der Waals surface area (Å²) >= 11 is 3.32. The van der Waals surface area contributed by atoms with Gasteiger partial charge in [-0.1, -0.05) is 15.9 Å². The molecule has 0 spiro atoms. The van der Waals surface area contributed by atoms with E-state index in [4.69, 9.17) is 4.74 Å². The standard InChI is InChI=1S/C13H19BrN2O3S/c1-3-19-12-5-4-11(14)8-13(12)20(17,18)16-7-6-15-10(2)9-16/h4-5,8,10,15H,3,6-7,9H2,1-2H3/t10-/m1/s1. The summed E-state index contributed by atoms with van der Waals surface area (Å²) in [4.78, 5) is 0.225. The molecule has 1 N–H and O–H groups in total. The van der Waals surface area contributed by atoms with E-state index in [0.29, 0.717) is 32.0 Å². The molecule has 0 radical (unpaired) electrons. The number of nitrogens with zero attached hydrogens (tertiary/aromatic N) is 1. The van der Waals surface area contributed by atoms with Gasteiger partial charge in [-0.25, -0.2) is 8.42 Å². The van der Waals surface area contributed by atoms with Crippen LogP contribution in [-0.2, 0) is 10.0 Å². The van der Waals surface area contributed by atoms with Crippen LogP contribution in [-0.4, -0.2) is 45.0 Å². The first-order valence-electron chi connectivity index (χ1n) is 6.61. The third-order valence-corrected chi connectivity index (χ3v) is 5.53. The molecule has 112 valence electrons. The zero-order valence-corrected chi connectivity index (χ0v) is 14.0. The van der Waals surface area contributed by atoms with Crippen LogP contribution in [0.5, 0.6) is 5.75 Å². The third kappa shape index (κ3) is 3.33. The fraction of sp³-hybridized carbons (Fsp3) is 0.538. The van der Waals surface area contributed by atoms with Gasteiger partial charge in [-0.2, -0.15) is 4.31 Å². The molecular formula is C13H19BrN2O3S. The number of benzene rings is 1. The van der Waals surface area contributed by atoms with E-state index in [1.165, 1.54) is 4.31 Å². The predicted molar refractivity (Wildman–Crippen MR) is 81.5 cm³/mol. The second-order valence-corrected chi connectivity index (χ2v) is 7.56. The van der Waals surface area contributed by atoms with E-state index in [1.54, 1.807) is 18.2 Å². The molecule has 1 aromatic rings. The van der Waals surface area contributed by atoms with Crippen molar-refractivity contribution >= 4 is 26.0 Å². The highest BCUT2D eigenvalue weighted by Gasteiger charge is 2.31. The van der Waals surface area contributed by atoms with Crippen molar-refractivity contribution in [1.82, 2.24) is 9.62 Å². The van der Waals surface area contributed by atoms with E-state index in [-0.39, 0.29) is 10.9 Å². The van der Waals surface area contributed by atoms with Crippen LogP contribution in [0.25, 0.3) is 0 Å². The lowest BCUT2D eigenvalue weighted by Gasteiger charge is -2.31. The Balaban J connectivity index is 2.40. The zero-order chi connectivity index (χ0) is 14.8. The summed E-state index contributed by atoms with van der Waals surface area (Å²) in [5.41, 5.74) is 0. The van der Waals surface area contributed by atoms with Crippen molar-refractivity contribution in [2.75, 3.05) is 26.2 Å². The Morgan fingerprint density at radius 3 is 2.90 bits per heavy atom. The average molecular weight is 363 g/mol. The molecule has 1 saturated heterocycles. The van der Waals surface area contributed by atoms with Crippen LogP contribution in [0.1, 0.15) is 13.8 Å². The number of piperazine rings is 1. The van der Waals surface area contributed by atoms with Crippen LogP contribution in [0.15, 0.2) is 27.6 Å². The second kappa shape index (κ2) is 6.43. The van der Waals surface area contributed by atoms with Gasteiger partial charge >= 0.3 is 0 Å². The molecule has 20 heavy (non-hydrogen) atoms. The summed E-state index contributed by atoms with van der Waals surface area (Å²) < 4.78 is 33.2. The average Bonchev–Trinajstić information content (AvgIpc) is 2.41. The van der Waals surface area contributed by atoms with Crippen LogP contribution < -0.4 is 10.1 Å². The second-order valence-electron chi connectivity index (χ2n) is 4.74. The van der Waals surface area contributed by atoms with E-state index in [0.717, 1.165) is 4.47 Å². The summed E-state index contributed by atoms with van der Waals surface area (Å²) in [6.07, 6.45) is 0. The molecule has 7 heteroatoms. The van der Waals surface area contributed by atoms with Gasteiger partial charge < -0.3 is 10.1 Å². The number of hydrogen-bond donors (Lipinski definition) is 1. The molecular weight excluding hydrogens is 344 g/mol. The number of rotatable bonds is 4. The molecule has 1 aliphatic rings. The lowest BCUT2D eigenvalue weighted by molar-refractivity contribution is 0.304. The summed E-state index contributed by atoms with van der Waals surface area (Å²) in [5, 5.41) is 3.24. The van der Waals surface area contributed by atoms with Gasteiger partial charge in [0.05, 0.1) is 6.61 Å². The predicted octanol–water partition coefficient (Wildman–Crippen LogP) is 1.83. The van der Waals surface area contributed by atoms with Crippen molar-refractivity contribution < 1.29 is 13.2 Å². The first-order chi connectivity index (χ1) is 9.45. The largest absolute Gasteiger partial charge is 0.492 e. The van der Waals surface area contributed by atoms with E-state index < -0.39 is 10.0 Å². The smallest absolute Gasteiger partial charge is 0.246 e. The van der Waals surface area contributed by atoms with Crippen molar-refractivity contribution in [3.63, 3.8) is 0 Å².